The number of nitrogens with one attached hydrogen (secondary N) is 1. The van der Waals surface area contributed by atoms with Crippen LogP contribution in [-0.4, -0.2) is 42.8 Å². The van der Waals surface area contributed by atoms with E-state index < -0.39 is 11.6 Å². The summed E-state index contributed by atoms with van der Waals surface area (Å²) in [5, 5.41) is 8.16. The molecule has 1 saturated heterocycles. The van der Waals surface area contributed by atoms with E-state index in [1.807, 2.05) is 13.8 Å². The number of rotatable bonds is 7. The van der Waals surface area contributed by atoms with E-state index in [4.69, 9.17) is 19.6 Å². The maximum Gasteiger partial charge on any atom is 0.289 e. The first-order valence-corrected chi connectivity index (χ1v) is 10.7. The molecule has 3 rings (SSSR count). The van der Waals surface area contributed by atoms with Crippen LogP contribution in [0.1, 0.15) is 58.4 Å². The quantitative estimate of drug-likeness (QED) is 0.366. The molecule has 0 spiro atoms. The SMILES string of the molecule is CC/C(=C\c1ccc(OC2CCC(C)C2)c(F)c1F)OC(=N)N1CC(CC)(OC)C1. The molecule has 2 aliphatic rings. The Morgan fingerprint density at radius 2 is 1.97 bits per heavy atom. The Balaban J connectivity index is 1.66. The van der Waals surface area contributed by atoms with Crippen molar-refractivity contribution in [2.45, 2.75) is 64.6 Å². The van der Waals surface area contributed by atoms with Crippen molar-refractivity contribution < 1.29 is 23.0 Å². The number of methoxy groups -OCH3 is 1. The van der Waals surface area contributed by atoms with E-state index in [1.165, 1.54) is 18.2 Å². The summed E-state index contributed by atoms with van der Waals surface area (Å²) in [6, 6.07) is 2.95. The van der Waals surface area contributed by atoms with Gasteiger partial charge >= 0.3 is 0 Å². The lowest BCUT2D eigenvalue weighted by molar-refractivity contribution is -0.105. The zero-order chi connectivity index (χ0) is 21.9. The summed E-state index contributed by atoms with van der Waals surface area (Å²) in [7, 11) is 1.67. The van der Waals surface area contributed by atoms with Gasteiger partial charge < -0.3 is 19.1 Å². The molecule has 0 amide bonds. The highest BCUT2D eigenvalue weighted by atomic mass is 19.2. The van der Waals surface area contributed by atoms with E-state index in [0.29, 0.717) is 31.2 Å². The smallest absolute Gasteiger partial charge is 0.289 e. The van der Waals surface area contributed by atoms with E-state index in [2.05, 4.69) is 6.92 Å². The van der Waals surface area contributed by atoms with Crippen LogP contribution in [0.5, 0.6) is 5.75 Å². The molecule has 0 aromatic heterocycles. The van der Waals surface area contributed by atoms with Gasteiger partial charge in [0.1, 0.15) is 11.4 Å². The number of halogens is 2. The van der Waals surface area contributed by atoms with E-state index in [9.17, 15) is 8.78 Å². The lowest BCUT2D eigenvalue weighted by atomic mass is 9.91. The van der Waals surface area contributed by atoms with Crippen LogP contribution in [0.25, 0.3) is 6.08 Å². The average Bonchev–Trinajstić information content (AvgIpc) is 3.11. The molecule has 1 aromatic rings. The molecule has 0 bridgehead atoms. The first-order chi connectivity index (χ1) is 14.3. The Bertz CT molecular complexity index is 800. The minimum atomic E-state index is -0.982. The fraction of sp³-hybridized carbons (Fsp3) is 0.609. The predicted molar refractivity (Wildman–Crippen MR) is 112 cm³/mol. The summed E-state index contributed by atoms with van der Waals surface area (Å²) in [6.07, 6.45) is 5.43. The molecule has 5 nitrogen and oxygen atoms in total. The number of hydrogen-bond donors (Lipinski definition) is 1. The second-order valence-electron chi connectivity index (χ2n) is 8.41. The lowest BCUT2D eigenvalue weighted by Gasteiger charge is -2.48. The Morgan fingerprint density at radius 1 is 1.23 bits per heavy atom. The molecular weight excluding hydrogens is 390 g/mol. The standard InChI is InChI=1S/C23H32F2N2O3/c1-5-17(30-22(26)27-13-23(6-2,14-27)28-4)12-16-8-10-19(21(25)20(16)24)29-18-9-7-15(3)11-18/h8,10,12,15,18,26H,5-7,9,11,13-14H2,1-4H3/b17-12+,26-22?. The Morgan fingerprint density at radius 3 is 2.53 bits per heavy atom. The summed E-state index contributed by atoms with van der Waals surface area (Å²) in [5.41, 5.74) is -0.166. The van der Waals surface area contributed by atoms with Crippen molar-refractivity contribution in [3.8, 4) is 5.75 Å². The topological polar surface area (TPSA) is 54.8 Å². The number of allylic oxidation sites excluding steroid dienone is 1. The molecule has 1 saturated carbocycles. The molecule has 7 heteroatoms. The minimum Gasteiger partial charge on any atom is -0.487 e. The summed E-state index contributed by atoms with van der Waals surface area (Å²) < 4.78 is 46.0. The number of ether oxygens (including phenoxy) is 3. The van der Waals surface area contributed by atoms with E-state index in [-0.39, 0.29) is 29.0 Å². The highest BCUT2D eigenvalue weighted by Gasteiger charge is 2.43. The van der Waals surface area contributed by atoms with Crippen molar-refractivity contribution in [2.24, 2.45) is 5.92 Å². The zero-order valence-electron chi connectivity index (χ0n) is 18.3. The molecule has 1 aliphatic heterocycles. The van der Waals surface area contributed by atoms with Crippen LogP contribution in [0.2, 0.25) is 0 Å². The monoisotopic (exact) mass is 422 g/mol. The summed E-state index contributed by atoms with van der Waals surface area (Å²) in [6.45, 7) is 7.17. The fourth-order valence-electron chi connectivity index (χ4n) is 4.05. The summed E-state index contributed by atoms with van der Waals surface area (Å²) in [4.78, 5) is 1.76. The van der Waals surface area contributed by atoms with Gasteiger partial charge in [0.05, 0.1) is 19.2 Å². The number of benzene rings is 1. The van der Waals surface area contributed by atoms with Crippen LogP contribution in [0, 0.1) is 23.0 Å². The van der Waals surface area contributed by atoms with Crippen molar-refractivity contribution in [3.63, 3.8) is 0 Å². The highest BCUT2D eigenvalue weighted by molar-refractivity contribution is 5.74. The maximum atomic E-state index is 14.6. The Kier molecular flexibility index (Phi) is 7.01. The van der Waals surface area contributed by atoms with Crippen LogP contribution in [0.15, 0.2) is 17.9 Å². The molecule has 1 N–H and O–H groups in total. The molecule has 166 valence electrons. The molecule has 2 unspecified atom stereocenters. The summed E-state index contributed by atoms with van der Waals surface area (Å²) >= 11 is 0. The van der Waals surface area contributed by atoms with Crippen molar-refractivity contribution in [1.29, 1.82) is 5.41 Å². The van der Waals surface area contributed by atoms with E-state index >= 15 is 0 Å². The second kappa shape index (κ2) is 9.33. The number of amidine groups is 1. The van der Waals surface area contributed by atoms with E-state index in [0.717, 1.165) is 25.7 Å². The van der Waals surface area contributed by atoms with Crippen molar-refractivity contribution in [3.05, 3.63) is 35.1 Å². The molecule has 0 radical (unpaired) electrons. The molecule has 1 aromatic carbocycles. The largest absolute Gasteiger partial charge is 0.487 e. The van der Waals surface area contributed by atoms with Gasteiger partial charge in [-0.25, -0.2) is 4.39 Å². The van der Waals surface area contributed by atoms with Crippen LogP contribution in [0.4, 0.5) is 8.78 Å². The third-order valence-electron chi connectivity index (χ3n) is 6.23. The molecule has 2 atom stereocenters. The maximum absolute atomic E-state index is 14.6. The Labute approximate surface area is 177 Å². The first-order valence-electron chi connectivity index (χ1n) is 10.7. The number of nitrogens with zero attached hydrogens (tertiary/aromatic N) is 1. The minimum absolute atomic E-state index is 0.0135. The van der Waals surface area contributed by atoms with Gasteiger partial charge in [-0.05, 0) is 49.8 Å². The second-order valence-corrected chi connectivity index (χ2v) is 8.41. The Hall–Kier alpha value is -2.15. The van der Waals surface area contributed by atoms with Gasteiger partial charge in [0.25, 0.3) is 6.02 Å². The van der Waals surface area contributed by atoms with Gasteiger partial charge in [0.2, 0.25) is 5.82 Å². The molecule has 1 aliphatic carbocycles. The van der Waals surface area contributed by atoms with Crippen LogP contribution < -0.4 is 4.74 Å². The van der Waals surface area contributed by atoms with E-state index in [1.54, 1.807) is 12.0 Å². The van der Waals surface area contributed by atoms with Gasteiger partial charge in [0, 0.05) is 19.1 Å². The lowest BCUT2D eigenvalue weighted by Crippen LogP contribution is -2.64. The van der Waals surface area contributed by atoms with Gasteiger partial charge in [0.15, 0.2) is 11.6 Å². The molecule has 1 heterocycles. The first kappa shape index (κ1) is 22.5. The highest BCUT2D eigenvalue weighted by Crippen LogP contribution is 2.32. The summed E-state index contributed by atoms with van der Waals surface area (Å²) in [5.74, 6) is -1.06. The third-order valence-corrected chi connectivity index (χ3v) is 6.23. The van der Waals surface area contributed by atoms with Crippen molar-refractivity contribution >= 4 is 12.1 Å². The third kappa shape index (κ3) is 4.77. The van der Waals surface area contributed by atoms with Crippen LogP contribution in [-0.2, 0) is 9.47 Å². The van der Waals surface area contributed by atoms with Crippen molar-refractivity contribution in [2.75, 3.05) is 20.2 Å². The zero-order valence-corrected chi connectivity index (χ0v) is 18.3. The number of hydrogen-bond acceptors (Lipinski definition) is 4. The number of likely N-dealkylation sites (tertiary alicyclic amines) is 1. The van der Waals surface area contributed by atoms with Gasteiger partial charge in [-0.1, -0.05) is 20.8 Å². The molecular formula is C23H32F2N2O3. The van der Waals surface area contributed by atoms with Gasteiger partial charge in [-0.3, -0.25) is 5.41 Å². The molecule has 2 fully saturated rings. The van der Waals surface area contributed by atoms with Gasteiger partial charge in [-0.15, -0.1) is 0 Å². The normalized spacial score (nSPS) is 23.3. The van der Waals surface area contributed by atoms with Crippen LogP contribution in [0.3, 0.4) is 0 Å². The van der Waals surface area contributed by atoms with Gasteiger partial charge in [-0.2, -0.15) is 4.39 Å². The van der Waals surface area contributed by atoms with Crippen LogP contribution >= 0.6 is 0 Å². The predicted octanol–water partition coefficient (Wildman–Crippen LogP) is 5.35. The molecule has 30 heavy (non-hydrogen) atoms. The average molecular weight is 423 g/mol. The fourth-order valence-corrected chi connectivity index (χ4v) is 4.05. The van der Waals surface area contributed by atoms with Crippen molar-refractivity contribution in [1.82, 2.24) is 4.90 Å².